The molecule has 0 bridgehead atoms. The molecule has 0 atom stereocenters. The van der Waals surface area contributed by atoms with Crippen molar-refractivity contribution >= 4 is 60.4 Å². The second kappa shape index (κ2) is 14.1. The van der Waals surface area contributed by atoms with Crippen molar-refractivity contribution in [2.24, 2.45) is 0 Å². The Hall–Kier alpha value is -7.68. The van der Waals surface area contributed by atoms with Gasteiger partial charge in [0.2, 0.25) is 0 Å². The van der Waals surface area contributed by atoms with Crippen molar-refractivity contribution in [3.63, 3.8) is 0 Å². The van der Waals surface area contributed by atoms with Gasteiger partial charge in [0.1, 0.15) is 0 Å². The number of benzene rings is 10. The van der Waals surface area contributed by atoms with Crippen molar-refractivity contribution in [2.75, 3.05) is 4.90 Å². The van der Waals surface area contributed by atoms with E-state index in [0.29, 0.717) is 0 Å². The Balaban J connectivity index is 1.07. The van der Waals surface area contributed by atoms with Crippen molar-refractivity contribution in [1.82, 2.24) is 4.57 Å². The first-order valence-corrected chi connectivity index (χ1v) is 19.9. The molecule has 272 valence electrons. The summed E-state index contributed by atoms with van der Waals surface area (Å²) in [4.78, 5) is 2.38. The highest BCUT2D eigenvalue weighted by Gasteiger charge is 2.19. The zero-order valence-electron chi connectivity index (χ0n) is 31.8. The van der Waals surface area contributed by atoms with Crippen LogP contribution in [-0.4, -0.2) is 4.57 Å². The van der Waals surface area contributed by atoms with E-state index < -0.39 is 0 Å². The van der Waals surface area contributed by atoms with Crippen molar-refractivity contribution < 1.29 is 0 Å². The zero-order valence-corrected chi connectivity index (χ0v) is 31.8. The molecule has 0 saturated heterocycles. The smallest absolute Gasteiger partial charge is 0.0561 e. The number of para-hydroxylation sites is 2. The lowest BCUT2D eigenvalue weighted by molar-refractivity contribution is 1.18. The van der Waals surface area contributed by atoms with E-state index in [2.05, 4.69) is 240 Å². The van der Waals surface area contributed by atoms with Crippen molar-refractivity contribution in [1.29, 1.82) is 0 Å². The maximum Gasteiger partial charge on any atom is 0.0561 e. The van der Waals surface area contributed by atoms with E-state index in [0.717, 1.165) is 22.7 Å². The molecule has 0 unspecified atom stereocenters. The van der Waals surface area contributed by atoms with E-state index in [9.17, 15) is 0 Å². The van der Waals surface area contributed by atoms with Crippen molar-refractivity contribution in [2.45, 2.75) is 0 Å². The third-order valence-corrected chi connectivity index (χ3v) is 11.5. The second-order valence-corrected chi connectivity index (χ2v) is 15.0. The van der Waals surface area contributed by atoms with Crippen LogP contribution in [0.1, 0.15) is 0 Å². The van der Waals surface area contributed by atoms with Gasteiger partial charge in [-0.3, -0.25) is 0 Å². The Kier molecular flexibility index (Phi) is 8.19. The lowest BCUT2D eigenvalue weighted by Gasteiger charge is -2.26. The van der Waals surface area contributed by atoms with Gasteiger partial charge in [-0.2, -0.15) is 0 Å². The normalized spacial score (nSPS) is 11.4. The van der Waals surface area contributed by atoms with Gasteiger partial charge in [0.05, 0.1) is 11.0 Å². The number of hydrogen-bond acceptors (Lipinski definition) is 1. The first-order chi connectivity index (χ1) is 28.7. The molecule has 0 aliphatic carbocycles. The highest BCUT2D eigenvalue weighted by molar-refractivity contribution is 6.10. The Morgan fingerprint density at radius 1 is 0.276 bits per heavy atom. The fourth-order valence-electron chi connectivity index (χ4n) is 8.70. The summed E-state index contributed by atoms with van der Waals surface area (Å²) in [5.74, 6) is 0. The van der Waals surface area contributed by atoms with Crippen LogP contribution in [0, 0.1) is 0 Å². The maximum absolute atomic E-state index is 2.39. The van der Waals surface area contributed by atoms with Gasteiger partial charge in [-0.1, -0.05) is 158 Å². The molecule has 0 saturated carbocycles. The fourth-order valence-corrected chi connectivity index (χ4v) is 8.70. The molecule has 58 heavy (non-hydrogen) atoms. The lowest BCUT2D eigenvalue weighted by atomic mass is 9.90. The van der Waals surface area contributed by atoms with E-state index in [1.807, 2.05) is 0 Å². The topological polar surface area (TPSA) is 8.17 Å². The Labute approximate surface area is 338 Å². The summed E-state index contributed by atoms with van der Waals surface area (Å²) in [6.07, 6.45) is 0. The third-order valence-electron chi connectivity index (χ3n) is 11.5. The van der Waals surface area contributed by atoms with Crippen LogP contribution in [0.5, 0.6) is 0 Å². The van der Waals surface area contributed by atoms with Crippen LogP contribution in [0.3, 0.4) is 0 Å². The van der Waals surface area contributed by atoms with Crippen LogP contribution in [0.4, 0.5) is 17.1 Å². The molecule has 0 amide bonds. The van der Waals surface area contributed by atoms with E-state index >= 15 is 0 Å². The van der Waals surface area contributed by atoms with Crippen LogP contribution in [0.25, 0.3) is 82.4 Å². The van der Waals surface area contributed by atoms with Gasteiger partial charge in [0, 0.05) is 33.5 Å². The van der Waals surface area contributed by atoms with Gasteiger partial charge in [-0.25, -0.2) is 0 Å². The third kappa shape index (κ3) is 5.91. The molecule has 0 radical (unpaired) electrons. The van der Waals surface area contributed by atoms with Gasteiger partial charge >= 0.3 is 0 Å². The van der Waals surface area contributed by atoms with Crippen LogP contribution in [0.15, 0.2) is 231 Å². The van der Waals surface area contributed by atoms with Gasteiger partial charge in [-0.05, 0) is 128 Å². The Bertz CT molecular complexity index is 3250. The van der Waals surface area contributed by atoms with Crippen LogP contribution in [0.2, 0.25) is 0 Å². The first kappa shape index (κ1) is 33.6. The molecule has 11 aromatic rings. The minimum atomic E-state index is 1.09. The summed E-state index contributed by atoms with van der Waals surface area (Å²) in [5, 5.41) is 7.43. The average Bonchev–Trinajstić information content (AvgIpc) is 3.63. The number of fused-ring (bicyclic) bond motifs is 5. The second-order valence-electron chi connectivity index (χ2n) is 15.0. The number of hydrogen-bond donors (Lipinski definition) is 0. The SMILES string of the molecule is c1ccc(-c2ccc(N(c3ccc(-c4cc5ccccc5cc4-c4ccc5ccccc5c4)cc3)c3ccc4c5ccccc5n(-c5ccccc5)c4c3)cc2)cc1. The Morgan fingerprint density at radius 3 is 1.45 bits per heavy atom. The van der Waals surface area contributed by atoms with Gasteiger partial charge in [0.25, 0.3) is 0 Å². The number of rotatable bonds is 7. The van der Waals surface area contributed by atoms with Crippen molar-refractivity contribution in [3.05, 3.63) is 231 Å². The standard InChI is InChI=1S/C56H38N2/c1-3-13-39(14-4-1)41-25-29-48(30-26-41)57(50-33-34-52-51-21-11-12-22-55(51)58(56(52)38-50)47-19-5-2-6-20-47)49-31-27-42(28-32-49)53-36-44-17-9-10-18-45(44)37-54(53)46-24-23-40-15-7-8-16-43(40)35-46/h1-38H. The summed E-state index contributed by atoms with van der Waals surface area (Å²) >= 11 is 0. The number of anilines is 3. The quantitative estimate of drug-likeness (QED) is 0.158. The maximum atomic E-state index is 2.39. The van der Waals surface area contributed by atoms with E-state index in [4.69, 9.17) is 0 Å². The van der Waals surface area contributed by atoms with Gasteiger partial charge in [0.15, 0.2) is 0 Å². The van der Waals surface area contributed by atoms with E-state index in [1.54, 1.807) is 0 Å². The molecule has 2 nitrogen and oxygen atoms in total. The number of nitrogens with zero attached hydrogens (tertiary/aromatic N) is 2. The lowest BCUT2D eigenvalue weighted by Crippen LogP contribution is -2.10. The molecular weight excluding hydrogens is 701 g/mol. The summed E-state index contributed by atoms with van der Waals surface area (Å²) < 4.78 is 2.39. The number of aromatic nitrogens is 1. The summed E-state index contributed by atoms with van der Waals surface area (Å²) in [6.45, 7) is 0. The molecule has 0 fully saturated rings. The van der Waals surface area contributed by atoms with Gasteiger partial charge < -0.3 is 9.47 Å². The first-order valence-electron chi connectivity index (χ1n) is 19.9. The molecule has 0 N–H and O–H groups in total. The zero-order chi connectivity index (χ0) is 38.4. The van der Waals surface area contributed by atoms with Crippen LogP contribution < -0.4 is 4.90 Å². The van der Waals surface area contributed by atoms with E-state index in [-0.39, 0.29) is 0 Å². The molecule has 0 aliphatic rings. The molecule has 2 heteroatoms. The fraction of sp³-hybridized carbons (Fsp3) is 0. The molecular formula is C56H38N2. The molecule has 0 spiro atoms. The van der Waals surface area contributed by atoms with Crippen molar-refractivity contribution in [3.8, 4) is 39.1 Å². The minimum absolute atomic E-state index is 1.09. The Morgan fingerprint density at radius 2 is 0.759 bits per heavy atom. The monoisotopic (exact) mass is 738 g/mol. The van der Waals surface area contributed by atoms with Crippen LogP contribution in [-0.2, 0) is 0 Å². The highest BCUT2D eigenvalue weighted by Crippen LogP contribution is 2.42. The summed E-state index contributed by atoms with van der Waals surface area (Å²) in [5.41, 5.74) is 14.0. The molecule has 1 heterocycles. The largest absolute Gasteiger partial charge is 0.310 e. The molecule has 11 rings (SSSR count). The highest BCUT2D eigenvalue weighted by atomic mass is 15.1. The minimum Gasteiger partial charge on any atom is -0.310 e. The van der Waals surface area contributed by atoms with Gasteiger partial charge in [-0.15, -0.1) is 0 Å². The van der Waals surface area contributed by atoms with Crippen LogP contribution >= 0.6 is 0 Å². The molecule has 10 aromatic carbocycles. The average molecular weight is 739 g/mol. The predicted molar refractivity (Wildman–Crippen MR) is 247 cm³/mol. The molecule has 1 aromatic heterocycles. The molecule has 0 aliphatic heterocycles. The van der Waals surface area contributed by atoms with E-state index in [1.165, 1.54) is 76.7 Å². The predicted octanol–water partition coefficient (Wildman–Crippen LogP) is 15.6. The summed E-state index contributed by atoms with van der Waals surface area (Å²) in [7, 11) is 0. The summed E-state index contributed by atoms with van der Waals surface area (Å²) in [6, 6.07) is 83.8.